The van der Waals surface area contributed by atoms with Gasteiger partial charge in [-0.25, -0.2) is 4.79 Å². The molecule has 1 fully saturated rings. The maximum Gasteiger partial charge on any atom is 0.342 e. The third-order valence-corrected chi connectivity index (χ3v) is 3.90. The van der Waals surface area contributed by atoms with Crippen LogP contribution >= 0.6 is 46.8 Å². The first-order chi connectivity index (χ1) is 8.81. The molecule has 2 rings (SSSR count). The number of anilines is 1. The minimum absolute atomic E-state index is 0.412. The number of amides is 3. The van der Waals surface area contributed by atoms with Crippen molar-refractivity contribution in [3.05, 3.63) is 30.3 Å². The van der Waals surface area contributed by atoms with Crippen LogP contribution in [0.2, 0.25) is 0 Å². The summed E-state index contributed by atoms with van der Waals surface area (Å²) in [5.41, 5.74) is 0.626. The fraction of sp³-hybridized carbons (Fsp3) is 0.273. The smallest absolute Gasteiger partial charge is 0.281 e. The fourth-order valence-electron chi connectivity index (χ4n) is 1.75. The van der Waals surface area contributed by atoms with Crippen molar-refractivity contribution in [3.63, 3.8) is 0 Å². The summed E-state index contributed by atoms with van der Waals surface area (Å²) in [7, 11) is 0. The molecule has 3 amide bonds. The lowest BCUT2D eigenvalue weighted by Crippen LogP contribution is -2.32. The highest BCUT2D eigenvalue weighted by Gasteiger charge is 2.46. The largest absolute Gasteiger partial charge is 0.342 e. The summed E-state index contributed by atoms with van der Waals surface area (Å²) < 4.78 is -0.887. The van der Waals surface area contributed by atoms with Crippen LogP contribution in [0.5, 0.6) is 0 Å². The van der Waals surface area contributed by atoms with E-state index in [1.807, 2.05) is 6.07 Å². The summed E-state index contributed by atoms with van der Waals surface area (Å²) in [6, 6.07) is 7.73. The first kappa shape index (κ1) is 14.8. The molecule has 0 saturated carbocycles. The summed E-state index contributed by atoms with van der Waals surface area (Å²) in [5.74, 6) is -0.412. The lowest BCUT2D eigenvalue weighted by molar-refractivity contribution is -0.123. The lowest BCUT2D eigenvalue weighted by Gasteiger charge is -2.20. The number of para-hydroxylation sites is 1. The number of nitrogens with zero attached hydrogens (tertiary/aromatic N) is 2. The van der Waals surface area contributed by atoms with Crippen LogP contribution in [0, 0.1) is 0 Å². The van der Waals surface area contributed by atoms with Gasteiger partial charge in [0.15, 0.2) is 0 Å². The maximum absolute atomic E-state index is 12.2. The van der Waals surface area contributed by atoms with Crippen molar-refractivity contribution in [2.75, 3.05) is 4.90 Å². The number of hydrogen-bond donors (Lipinski definition) is 0. The van der Waals surface area contributed by atoms with Crippen LogP contribution in [0.3, 0.4) is 0 Å². The Kier molecular flexibility index (Phi) is 4.20. The summed E-state index contributed by atoms with van der Waals surface area (Å²) in [4.78, 5) is 25.6. The Bertz CT molecular complexity index is 506. The van der Waals surface area contributed by atoms with Gasteiger partial charge in [0.25, 0.3) is 9.03 Å². The molecule has 1 heterocycles. The molecular formula is C11H9Cl3N2O2S. The van der Waals surface area contributed by atoms with Crippen molar-refractivity contribution in [3.8, 4) is 0 Å². The highest BCUT2D eigenvalue weighted by atomic mass is 35.6. The number of urea groups is 1. The highest BCUT2D eigenvalue weighted by Crippen LogP contribution is 2.43. The van der Waals surface area contributed by atoms with Gasteiger partial charge in [0.2, 0.25) is 0 Å². The molecule has 0 bridgehead atoms. The summed E-state index contributed by atoms with van der Waals surface area (Å²) in [6.07, 6.45) is 0. The van der Waals surface area contributed by atoms with E-state index in [4.69, 9.17) is 34.8 Å². The standard InChI is InChI=1S/C11H9Cl3N2O2S/c1-7-9(17)16(19-11(12,13)14)10(18)15(7)8-5-3-2-4-6-8/h2-7H,1H3. The van der Waals surface area contributed by atoms with Crippen molar-refractivity contribution in [2.45, 2.75) is 16.1 Å². The zero-order valence-electron chi connectivity index (χ0n) is 9.72. The van der Waals surface area contributed by atoms with Crippen LogP contribution < -0.4 is 4.90 Å². The summed E-state index contributed by atoms with van der Waals surface area (Å²) in [6.45, 7) is 1.63. The second-order valence-electron chi connectivity index (χ2n) is 3.83. The van der Waals surface area contributed by atoms with Crippen LogP contribution in [0.15, 0.2) is 30.3 Å². The second-order valence-corrected chi connectivity index (χ2v) is 7.95. The van der Waals surface area contributed by atoms with Crippen molar-refractivity contribution >= 4 is 64.4 Å². The predicted molar refractivity (Wildman–Crippen MR) is 78.5 cm³/mol. The maximum atomic E-state index is 12.2. The van der Waals surface area contributed by atoms with Gasteiger partial charge in [0, 0.05) is 17.6 Å². The van der Waals surface area contributed by atoms with E-state index in [2.05, 4.69) is 0 Å². The van der Waals surface area contributed by atoms with Gasteiger partial charge in [-0.1, -0.05) is 53.0 Å². The third-order valence-electron chi connectivity index (χ3n) is 2.55. The zero-order chi connectivity index (χ0) is 14.2. The van der Waals surface area contributed by atoms with Gasteiger partial charge in [-0.2, -0.15) is 4.31 Å². The van der Waals surface area contributed by atoms with Crippen molar-refractivity contribution < 1.29 is 9.59 Å². The Labute approximate surface area is 129 Å². The van der Waals surface area contributed by atoms with E-state index in [0.717, 1.165) is 4.31 Å². The molecule has 0 aliphatic carbocycles. The van der Waals surface area contributed by atoms with E-state index in [1.54, 1.807) is 31.2 Å². The van der Waals surface area contributed by atoms with E-state index in [-0.39, 0.29) is 0 Å². The molecule has 19 heavy (non-hydrogen) atoms. The lowest BCUT2D eigenvalue weighted by atomic mass is 10.2. The second kappa shape index (κ2) is 5.40. The Morgan fingerprint density at radius 1 is 1.16 bits per heavy atom. The van der Waals surface area contributed by atoms with E-state index in [1.165, 1.54) is 4.90 Å². The van der Waals surface area contributed by atoms with Crippen LogP contribution in [0.1, 0.15) is 6.92 Å². The Morgan fingerprint density at radius 2 is 1.74 bits per heavy atom. The van der Waals surface area contributed by atoms with E-state index < -0.39 is 21.1 Å². The average molecular weight is 340 g/mol. The number of hydrogen-bond acceptors (Lipinski definition) is 3. The molecule has 1 aromatic carbocycles. The molecule has 0 aromatic heterocycles. The molecule has 1 aromatic rings. The van der Waals surface area contributed by atoms with E-state index in [0.29, 0.717) is 17.6 Å². The minimum Gasteiger partial charge on any atom is -0.281 e. The summed E-state index contributed by atoms with van der Waals surface area (Å²) in [5, 5.41) is 0. The predicted octanol–water partition coefficient (Wildman–Crippen LogP) is 3.82. The number of carbonyl (C=O) groups is 2. The van der Waals surface area contributed by atoms with Gasteiger partial charge in [-0.05, 0) is 19.1 Å². The number of carbonyl (C=O) groups excluding carboxylic acids is 2. The Balaban J connectivity index is 2.29. The molecule has 0 radical (unpaired) electrons. The van der Waals surface area contributed by atoms with E-state index in [9.17, 15) is 9.59 Å². The topological polar surface area (TPSA) is 40.6 Å². The third kappa shape index (κ3) is 3.11. The Hall–Kier alpha value is -0.620. The molecular weight excluding hydrogens is 331 g/mol. The molecule has 102 valence electrons. The molecule has 0 N–H and O–H groups in total. The molecule has 1 saturated heterocycles. The quantitative estimate of drug-likeness (QED) is 0.467. The van der Waals surface area contributed by atoms with Crippen molar-refractivity contribution in [1.82, 2.24) is 4.31 Å². The molecule has 0 spiro atoms. The highest BCUT2D eigenvalue weighted by molar-refractivity contribution is 8.03. The monoisotopic (exact) mass is 338 g/mol. The number of imide groups is 1. The van der Waals surface area contributed by atoms with Crippen molar-refractivity contribution in [1.29, 1.82) is 0 Å². The molecule has 1 unspecified atom stereocenters. The van der Waals surface area contributed by atoms with Crippen LogP contribution in [-0.2, 0) is 4.79 Å². The first-order valence-corrected chi connectivity index (χ1v) is 7.20. The molecule has 1 aliphatic rings. The van der Waals surface area contributed by atoms with E-state index >= 15 is 0 Å². The molecule has 8 heteroatoms. The van der Waals surface area contributed by atoms with Crippen LogP contribution in [0.4, 0.5) is 10.5 Å². The Morgan fingerprint density at radius 3 is 2.26 bits per heavy atom. The van der Waals surface area contributed by atoms with Crippen LogP contribution in [0.25, 0.3) is 0 Å². The van der Waals surface area contributed by atoms with Crippen molar-refractivity contribution in [2.24, 2.45) is 0 Å². The molecule has 1 atom stereocenters. The number of alkyl halides is 3. The molecule has 4 nitrogen and oxygen atoms in total. The number of halogens is 3. The summed E-state index contributed by atoms with van der Waals surface area (Å²) >= 11 is 17.4. The number of rotatable bonds is 2. The fourth-order valence-corrected chi connectivity index (χ4v) is 2.98. The first-order valence-electron chi connectivity index (χ1n) is 5.29. The molecule has 1 aliphatic heterocycles. The van der Waals surface area contributed by atoms with Gasteiger partial charge in [0.1, 0.15) is 6.04 Å². The van der Waals surface area contributed by atoms with Gasteiger partial charge in [-0.3, -0.25) is 9.69 Å². The minimum atomic E-state index is -1.77. The van der Waals surface area contributed by atoms with Gasteiger partial charge in [0.05, 0.1) is 0 Å². The van der Waals surface area contributed by atoms with Crippen LogP contribution in [-0.4, -0.2) is 25.4 Å². The SMILES string of the molecule is CC1C(=O)N(SC(Cl)(Cl)Cl)C(=O)N1c1ccccc1. The van der Waals surface area contributed by atoms with Gasteiger partial charge >= 0.3 is 6.03 Å². The van der Waals surface area contributed by atoms with Gasteiger partial charge in [-0.15, -0.1) is 0 Å². The zero-order valence-corrected chi connectivity index (χ0v) is 12.8. The normalized spacial score (nSPS) is 20.3. The average Bonchev–Trinajstić information content (AvgIpc) is 2.53. The van der Waals surface area contributed by atoms with Gasteiger partial charge < -0.3 is 0 Å². The number of benzene rings is 1.